The molecule has 0 amide bonds. The number of sulfonamides is 1. The predicted octanol–water partition coefficient (Wildman–Crippen LogP) is 0.0156. The Hall–Kier alpha value is -1.12. The number of ether oxygens (including phenoxy) is 1. The number of nitrogen functional groups attached to an aromatic ring is 1. The zero-order valence-corrected chi connectivity index (χ0v) is 12.0. The van der Waals surface area contributed by atoms with E-state index in [0.29, 0.717) is 18.2 Å². The Bertz CT molecular complexity index is 549. The molecule has 108 valence electrons. The number of rotatable bonds is 7. The molecule has 0 aliphatic heterocycles. The van der Waals surface area contributed by atoms with Gasteiger partial charge in [-0.2, -0.15) is 5.10 Å². The molecule has 1 aliphatic rings. The maximum absolute atomic E-state index is 12.1. The molecule has 1 aliphatic carbocycles. The number of nitrogens with two attached hydrogens (primary N) is 1. The molecule has 7 nitrogen and oxygen atoms in total. The van der Waals surface area contributed by atoms with Crippen LogP contribution in [0.2, 0.25) is 0 Å². The van der Waals surface area contributed by atoms with E-state index in [-0.39, 0.29) is 17.3 Å². The van der Waals surface area contributed by atoms with Crippen LogP contribution in [0.15, 0.2) is 4.90 Å². The first-order valence-corrected chi connectivity index (χ1v) is 7.76. The van der Waals surface area contributed by atoms with Crippen molar-refractivity contribution in [1.82, 2.24) is 14.5 Å². The second-order valence-electron chi connectivity index (χ2n) is 4.84. The minimum Gasteiger partial charge on any atom is -0.381 e. The van der Waals surface area contributed by atoms with Gasteiger partial charge >= 0.3 is 0 Å². The van der Waals surface area contributed by atoms with Gasteiger partial charge in [0.2, 0.25) is 10.0 Å². The Morgan fingerprint density at radius 1 is 1.53 bits per heavy atom. The van der Waals surface area contributed by atoms with Crippen LogP contribution in [0.4, 0.5) is 5.82 Å². The average Bonchev–Trinajstić information content (AvgIpc) is 3.07. The average molecular weight is 288 g/mol. The lowest BCUT2D eigenvalue weighted by Crippen LogP contribution is -2.28. The molecule has 8 heteroatoms. The van der Waals surface area contributed by atoms with Crippen LogP contribution in [0.25, 0.3) is 0 Å². The third-order valence-electron chi connectivity index (χ3n) is 3.16. The van der Waals surface area contributed by atoms with Crippen molar-refractivity contribution in [3.05, 3.63) is 5.69 Å². The first kappa shape index (κ1) is 14.3. The minimum atomic E-state index is -3.62. The van der Waals surface area contributed by atoms with Gasteiger partial charge in [0.05, 0.1) is 12.3 Å². The van der Waals surface area contributed by atoms with Gasteiger partial charge < -0.3 is 10.5 Å². The van der Waals surface area contributed by atoms with Gasteiger partial charge in [-0.1, -0.05) is 0 Å². The lowest BCUT2D eigenvalue weighted by molar-refractivity contribution is 0.129. The van der Waals surface area contributed by atoms with Gasteiger partial charge in [-0.05, 0) is 25.7 Å². The van der Waals surface area contributed by atoms with Gasteiger partial charge in [0.25, 0.3) is 0 Å². The summed E-state index contributed by atoms with van der Waals surface area (Å²) < 4.78 is 33.5. The molecule has 0 atom stereocenters. The molecule has 0 saturated heterocycles. The number of anilines is 1. The van der Waals surface area contributed by atoms with Crippen molar-refractivity contribution in [2.24, 2.45) is 13.0 Å². The molecular formula is C11H20N4O3S. The summed E-state index contributed by atoms with van der Waals surface area (Å²) in [5.41, 5.74) is 6.14. The number of hydrogen-bond acceptors (Lipinski definition) is 5. The summed E-state index contributed by atoms with van der Waals surface area (Å²) in [5, 5.41) is 3.90. The van der Waals surface area contributed by atoms with Crippen LogP contribution in [0.1, 0.15) is 18.5 Å². The molecule has 3 N–H and O–H groups in total. The fraction of sp³-hybridized carbons (Fsp3) is 0.727. The van der Waals surface area contributed by atoms with E-state index in [1.807, 2.05) is 0 Å². The van der Waals surface area contributed by atoms with Gasteiger partial charge in [0.1, 0.15) is 4.90 Å². The van der Waals surface area contributed by atoms with Crippen LogP contribution in [0, 0.1) is 12.8 Å². The molecule has 0 spiro atoms. The smallest absolute Gasteiger partial charge is 0.246 e. The lowest BCUT2D eigenvalue weighted by Gasteiger charge is -2.07. The van der Waals surface area contributed by atoms with E-state index >= 15 is 0 Å². The summed E-state index contributed by atoms with van der Waals surface area (Å²) in [6, 6.07) is 0. The number of aromatic nitrogens is 2. The van der Waals surface area contributed by atoms with Crippen molar-refractivity contribution in [1.29, 1.82) is 0 Å². The highest BCUT2D eigenvalue weighted by Crippen LogP contribution is 2.28. The Balaban J connectivity index is 1.89. The third-order valence-corrected chi connectivity index (χ3v) is 4.79. The number of nitrogens with one attached hydrogen (secondary N) is 1. The lowest BCUT2D eigenvalue weighted by atomic mass is 10.5. The van der Waals surface area contributed by atoms with E-state index < -0.39 is 10.0 Å². The Morgan fingerprint density at radius 3 is 2.74 bits per heavy atom. The topological polar surface area (TPSA) is 99.2 Å². The second-order valence-corrected chi connectivity index (χ2v) is 6.54. The van der Waals surface area contributed by atoms with Gasteiger partial charge in [-0.15, -0.1) is 0 Å². The predicted molar refractivity (Wildman–Crippen MR) is 71.1 cm³/mol. The molecule has 1 saturated carbocycles. The van der Waals surface area contributed by atoms with Gasteiger partial charge in [0.15, 0.2) is 5.82 Å². The van der Waals surface area contributed by atoms with Gasteiger partial charge in [-0.3, -0.25) is 4.68 Å². The van der Waals surface area contributed by atoms with Crippen LogP contribution in [0.3, 0.4) is 0 Å². The van der Waals surface area contributed by atoms with Crippen molar-refractivity contribution < 1.29 is 13.2 Å². The molecule has 0 bridgehead atoms. The van der Waals surface area contributed by atoms with Gasteiger partial charge in [0, 0.05) is 20.2 Å². The maximum atomic E-state index is 12.1. The molecular weight excluding hydrogens is 268 g/mol. The summed E-state index contributed by atoms with van der Waals surface area (Å²) >= 11 is 0. The second kappa shape index (κ2) is 5.48. The fourth-order valence-electron chi connectivity index (χ4n) is 1.80. The quantitative estimate of drug-likeness (QED) is 0.689. The van der Waals surface area contributed by atoms with Crippen LogP contribution >= 0.6 is 0 Å². The highest BCUT2D eigenvalue weighted by molar-refractivity contribution is 7.89. The summed E-state index contributed by atoms with van der Waals surface area (Å²) in [4.78, 5) is 0.0530. The van der Waals surface area contributed by atoms with Crippen LogP contribution in [-0.4, -0.2) is 38.0 Å². The van der Waals surface area contributed by atoms with Crippen LogP contribution in [0.5, 0.6) is 0 Å². The molecule has 1 aromatic rings. The molecule has 0 radical (unpaired) electrons. The van der Waals surface area contributed by atoms with E-state index in [1.54, 1.807) is 14.0 Å². The molecule has 19 heavy (non-hydrogen) atoms. The molecule has 2 rings (SSSR count). The van der Waals surface area contributed by atoms with Crippen molar-refractivity contribution >= 4 is 15.8 Å². The van der Waals surface area contributed by atoms with E-state index in [4.69, 9.17) is 10.5 Å². The Kier molecular flexibility index (Phi) is 4.12. The Morgan fingerprint density at radius 2 is 2.21 bits per heavy atom. The Labute approximate surface area is 113 Å². The minimum absolute atomic E-state index is 0.0198. The van der Waals surface area contributed by atoms with E-state index in [1.165, 1.54) is 17.5 Å². The third kappa shape index (κ3) is 3.46. The standard InChI is InChI=1S/C11H20N4O3S/c1-8-10(11(12)14-15(8)2)19(16,17)13-5-6-18-7-9-3-4-9/h9,13H,3-7H2,1-2H3,(H2,12,14). The molecule has 1 heterocycles. The summed E-state index contributed by atoms with van der Waals surface area (Å²) in [6.45, 7) is 3.00. The zero-order valence-electron chi connectivity index (χ0n) is 11.2. The van der Waals surface area contributed by atoms with E-state index in [9.17, 15) is 8.42 Å². The monoisotopic (exact) mass is 288 g/mol. The highest BCUT2D eigenvalue weighted by atomic mass is 32.2. The van der Waals surface area contributed by atoms with Crippen LogP contribution in [-0.2, 0) is 21.8 Å². The first-order chi connectivity index (χ1) is 8.92. The number of nitrogens with zero attached hydrogens (tertiary/aromatic N) is 2. The summed E-state index contributed by atoms with van der Waals surface area (Å²) in [6.07, 6.45) is 2.44. The summed E-state index contributed by atoms with van der Waals surface area (Å²) in [7, 11) is -1.97. The van der Waals surface area contributed by atoms with E-state index in [2.05, 4.69) is 9.82 Å². The molecule has 0 aromatic carbocycles. The molecule has 0 unspecified atom stereocenters. The first-order valence-electron chi connectivity index (χ1n) is 6.28. The van der Waals surface area contributed by atoms with Crippen molar-refractivity contribution in [2.45, 2.75) is 24.7 Å². The van der Waals surface area contributed by atoms with Gasteiger partial charge in [-0.25, -0.2) is 13.1 Å². The van der Waals surface area contributed by atoms with Crippen molar-refractivity contribution in [3.63, 3.8) is 0 Å². The highest BCUT2D eigenvalue weighted by Gasteiger charge is 2.24. The van der Waals surface area contributed by atoms with Crippen molar-refractivity contribution in [3.8, 4) is 0 Å². The SMILES string of the molecule is Cc1c(S(=O)(=O)NCCOCC2CC2)c(N)nn1C. The fourth-order valence-corrected chi connectivity index (χ4v) is 3.13. The summed E-state index contributed by atoms with van der Waals surface area (Å²) in [5.74, 6) is 0.694. The number of aryl methyl sites for hydroxylation is 1. The van der Waals surface area contributed by atoms with Crippen molar-refractivity contribution in [2.75, 3.05) is 25.5 Å². The largest absolute Gasteiger partial charge is 0.381 e. The molecule has 1 aromatic heterocycles. The maximum Gasteiger partial charge on any atom is 0.246 e. The van der Waals surface area contributed by atoms with Crippen LogP contribution < -0.4 is 10.5 Å². The number of hydrogen-bond donors (Lipinski definition) is 2. The zero-order chi connectivity index (χ0) is 14.0. The normalized spacial score (nSPS) is 15.9. The van der Waals surface area contributed by atoms with E-state index in [0.717, 1.165) is 6.61 Å². The molecule has 1 fully saturated rings.